The standard InChI is InChI=1S/C44H76O5/c1-9-10-11-12-13-14-15-16-17-18-19-20-38(46)49-37-25-26-42(6)33-24-28-43(7)32(31-29-35(45)39(48-30-31)41(4,5)47)23-27-44(43,8)34(33)21-22-36(42)40(37,2)3/h21,31-33,35-37,39,45,47H,9-20,22-30H2,1-8H3/t31?,32-,33-,35+,36?,37-,39+,42+,43-,44+/m0/s1. The maximum atomic E-state index is 13.1. The van der Waals surface area contributed by atoms with Crippen molar-refractivity contribution in [1.82, 2.24) is 0 Å². The number of carbonyl (C=O) groups excluding carboxylic acids is 1. The molecule has 5 rings (SSSR count). The van der Waals surface area contributed by atoms with Crippen molar-refractivity contribution in [3.63, 3.8) is 0 Å². The predicted molar refractivity (Wildman–Crippen MR) is 200 cm³/mol. The summed E-state index contributed by atoms with van der Waals surface area (Å²) in [6.45, 7) is 18.9. The fraction of sp³-hybridized carbons (Fsp3) is 0.932. The number of aliphatic hydroxyl groups excluding tert-OH is 1. The van der Waals surface area contributed by atoms with E-state index in [0.717, 1.165) is 38.5 Å². The van der Waals surface area contributed by atoms with Crippen LogP contribution in [0.1, 0.15) is 184 Å². The lowest BCUT2D eigenvalue weighted by atomic mass is 9.41. The molecule has 1 heterocycles. The van der Waals surface area contributed by atoms with Crippen molar-refractivity contribution in [3.8, 4) is 0 Å². The van der Waals surface area contributed by atoms with Gasteiger partial charge in [0.25, 0.3) is 0 Å². The van der Waals surface area contributed by atoms with Crippen LogP contribution in [0.25, 0.3) is 0 Å². The zero-order valence-corrected chi connectivity index (χ0v) is 33.1. The normalized spacial score (nSPS) is 40.2. The van der Waals surface area contributed by atoms with E-state index < -0.39 is 17.8 Å². The van der Waals surface area contributed by atoms with Gasteiger partial charge in [0.15, 0.2) is 0 Å². The largest absolute Gasteiger partial charge is 0.462 e. The van der Waals surface area contributed by atoms with E-state index in [-0.39, 0.29) is 33.7 Å². The first-order valence-corrected chi connectivity index (χ1v) is 21.0. The molecule has 4 aliphatic carbocycles. The highest BCUT2D eigenvalue weighted by atomic mass is 16.5. The summed E-state index contributed by atoms with van der Waals surface area (Å²) in [6.07, 6.45) is 25.1. The highest BCUT2D eigenvalue weighted by molar-refractivity contribution is 5.69. The molecular weight excluding hydrogens is 608 g/mol. The fourth-order valence-electron chi connectivity index (χ4n) is 12.6. The molecule has 0 aromatic heterocycles. The number of fused-ring (bicyclic) bond motifs is 5. The van der Waals surface area contributed by atoms with Crippen molar-refractivity contribution in [2.75, 3.05) is 6.61 Å². The first-order valence-electron chi connectivity index (χ1n) is 21.0. The second-order valence-electron chi connectivity index (χ2n) is 19.5. The van der Waals surface area contributed by atoms with Gasteiger partial charge in [-0.3, -0.25) is 4.79 Å². The first kappa shape index (κ1) is 39.3. The first-order chi connectivity index (χ1) is 23.1. The number of hydrogen-bond donors (Lipinski definition) is 2. The number of aliphatic hydroxyl groups is 2. The summed E-state index contributed by atoms with van der Waals surface area (Å²) >= 11 is 0. The van der Waals surface area contributed by atoms with Crippen LogP contribution in [0.4, 0.5) is 0 Å². The Kier molecular flexibility index (Phi) is 12.5. The zero-order chi connectivity index (χ0) is 35.7. The van der Waals surface area contributed by atoms with Gasteiger partial charge in [-0.2, -0.15) is 0 Å². The lowest BCUT2D eigenvalue weighted by Crippen LogP contribution is -2.59. The van der Waals surface area contributed by atoms with Gasteiger partial charge in [-0.25, -0.2) is 0 Å². The van der Waals surface area contributed by atoms with E-state index in [1.165, 1.54) is 83.5 Å². The maximum Gasteiger partial charge on any atom is 0.306 e. The molecule has 49 heavy (non-hydrogen) atoms. The Labute approximate surface area is 301 Å². The SMILES string of the molecule is CCCCCCCCCCCCCC(=O)O[C@H]1CC[C@@]2(C)C(CC=C3[C@@H]2CC[C@@]2(C)[C@H](C4CO[C@@H](C(C)(C)O)[C@H](O)C4)CC[C@]32C)C1(C)C. The van der Waals surface area contributed by atoms with Crippen LogP contribution in [-0.2, 0) is 14.3 Å². The lowest BCUT2D eigenvalue weighted by molar-refractivity contribution is -0.189. The fourth-order valence-corrected chi connectivity index (χ4v) is 12.6. The molecule has 0 aromatic rings. The molecule has 2 N–H and O–H groups in total. The van der Waals surface area contributed by atoms with Crippen molar-refractivity contribution < 1.29 is 24.5 Å². The minimum atomic E-state index is -1.03. The number of hydrogen-bond acceptors (Lipinski definition) is 5. The Morgan fingerprint density at radius 2 is 1.53 bits per heavy atom. The maximum absolute atomic E-state index is 13.1. The summed E-state index contributed by atoms with van der Waals surface area (Å²) in [5, 5.41) is 21.6. The smallest absolute Gasteiger partial charge is 0.306 e. The molecule has 5 heteroatoms. The van der Waals surface area contributed by atoms with E-state index in [2.05, 4.69) is 47.6 Å². The topological polar surface area (TPSA) is 76.0 Å². The Balaban J connectivity index is 1.15. The average Bonchev–Trinajstić information content (AvgIpc) is 3.31. The summed E-state index contributed by atoms with van der Waals surface area (Å²) in [5.74, 6) is 1.97. The third-order valence-corrected chi connectivity index (χ3v) is 15.7. The highest BCUT2D eigenvalue weighted by Gasteiger charge is 2.66. The lowest BCUT2D eigenvalue weighted by Gasteiger charge is -2.64. The molecular formula is C44H76O5. The van der Waals surface area contributed by atoms with E-state index in [1.807, 2.05) is 0 Å². The van der Waals surface area contributed by atoms with Gasteiger partial charge in [0.2, 0.25) is 0 Å². The molecule has 0 bridgehead atoms. The molecule has 0 amide bonds. The molecule has 282 valence electrons. The molecule has 1 saturated heterocycles. The van der Waals surface area contributed by atoms with Crippen LogP contribution < -0.4 is 0 Å². The Bertz CT molecular complexity index is 1140. The van der Waals surface area contributed by atoms with Gasteiger partial charge in [-0.05, 0) is 112 Å². The minimum absolute atomic E-state index is 0.00601. The third kappa shape index (κ3) is 7.76. The van der Waals surface area contributed by atoms with Gasteiger partial charge < -0.3 is 19.7 Å². The minimum Gasteiger partial charge on any atom is -0.462 e. The molecule has 0 radical (unpaired) electrons. The van der Waals surface area contributed by atoms with Gasteiger partial charge in [-0.1, -0.05) is 117 Å². The number of esters is 1. The van der Waals surface area contributed by atoms with Crippen LogP contribution in [0.15, 0.2) is 11.6 Å². The molecule has 4 fully saturated rings. The van der Waals surface area contributed by atoms with E-state index in [4.69, 9.17) is 9.47 Å². The number of carbonyl (C=O) groups is 1. The van der Waals surface area contributed by atoms with Crippen molar-refractivity contribution in [3.05, 3.63) is 11.6 Å². The summed E-state index contributed by atoms with van der Waals surface area (Å²) in [7, 11) is 0. The van der Waals surface area contributed by atoms with Gasteiger partial charge in [0.05, 0.1) is 18.3 Å². The van der Waals surface area contributed by atoms with Crippen LogP contribution in [0, 0.1) is 45.3 Å². The van der Waals surface area contributed by atoms with Crippen LogP contribution in [0.3, 0.4) is 0 Å². The van der Waals surface area contributed by atoms with Crippen molar-refractivity contribution in [2.45, 2.75) is 208 Å². The van der Waals surface area contributed by atoms with E-state index in [0.29, 0.717) is 36.7 Å². The van der Waals surface area contributed by atoms with Gasteiger partial charge >= 0.3 is 5.97 Å². The molecule has 3 saturated carbocycles. The van der Waals surface area contributed by atoms with Crippen LogP contribution in [0.5, 0.6) is 0 Å². The second-order valence-corrected chi connectivity index (χ2v) is 19.5. The molecule has 0 spiro atoms. The Morgan fingerprint density at radius 1 is 0.898 bits per heavy atom. The highest BCUT2D eigenvalue weighted by Crippen LogP contribution is 2.73. The van der Waals surface area contributed by atoms with Crippen molar-refractivity contribution in [1.29, 1.82) is 0 Å². The molecule has 0 aromatic carbocycles. The van der Waals surface area contributed by atoms with E-state index in [1.54, 1.807) is 19.4 Å². The summed E-state index contributed by atoms with van der Waals surface area (Å²) < 4.78 is 12.5. The van der Waals surface area contributed by atoms with Gasteiger partial charge in [-0.15, -0.1) is 0 Å². The van der Waals surface area contributed by atoms with E-state index in [9.17, 15) is 15.0 Å². The summed E-state index contributed by atoms with van der Waals surface area (Å²) in [4.78, 5) is 13.1. The van der Waals surface area contributed by atoms with Crippen molar-refractivity contribution >= 4 is 5.97 Å². The number of ether oxygens (including phenoxy) is 2. The van der Waals surface area contributed by atoms with E-state index >= 15 is 0 Å². The summed E-state index contributed by atoms with van der Waals surface area (Å²) in [5.41, 5.74) is 1.20. The van der Waals surface area contributed by atoms with Crippen LogP contribution >= 0.6 is 0 Å². The van der Waals surface area contributed by atoms with Crippen LogP contribution in [-0.4, -0.2) is 46.7 Å². The number of allylic oxidation sites excluding steroid dienone is 2. The van der Waals surface area contributed by atoms with Crippen molar-refractivity contribution in [2.24, 2.45) is 45.3 Å². The molecule has 5 aliphatic rings. The Hall–Kier alpha value is -0.910. The molecule has 10 atom stereocenters. The second kappa shape index (κ2) is 15.6. The van der Waals surface area contributed by atoms with Gasteiger partial charge in [0, 0.05) is 11.8 Å². The third-order valence-electron chi connectivity index (χ3n) is 15.7. The monoisotopic (exact) mass is 685 g/mol. The Morgan fingerprint density at radius 3 is 2.14 bits per heavy atom. The molecule has 1 aliphatic heterocycles. The predicted octanol–water partition coefficient (Wildman–Crippen LogP) is 10.7. The zero-order valence-electron chi connectivity index (χ0n) is 33.1. The molecule has 2 unspecified atom stereocenters. The average molecular weight is 685 g/mol. The quantitative estimate of drug-likeness (QED) is 0.102. The van der Waals surface area contributed by atoms with Crippen LogP contribution in [0.2, 0.25) is 0 Å². The molecule has 5 nitrogen and oxygen atoms in total. The summed E-state index contributed by atoms with van der Waals surface area (Å²) in [6, 6.07) is 0. The number of unbranched alkanes of at least 4 members (excludes halogenated alkanes) is 10. The number of rotatable bonds is 15. The van der Waals surface area contributed by atoms with Gasteiger partial charge in [0.1, 0.15) is 12.2 Å².